The molecule has 0 heterocycles. The fourth-order valence-corrected chi connectivity index (χ4v) is 4.41. The van der Waals surface area contributed by atoms with E-state index in [4.69, 9.17) is 0 Å². The van der Waals surface area contributed by atoms with Gasteiger partial charge in [0.05, 0.1) is 6.10 Å². The van der Waals surface area contributed by atoms with E-state index in [1.165, 1.54) is 64.2 Å². The average Bonchev–Trinajstić information content (AvgIpc) is 2.46. The van der Waals surface area contributed by atoms with Gasteiger partial charge in [-0.25, -0.2) is 0 Å². The van der Waals surface area contributed by atoms with Gasteiger partial charge >= 0.3 is 0 Å². The Morgan fingerprint density at radius 1 is 0.833 bits per heavy atom. The van der Waals surface area contributed by atoms with Crippen molar-refractivity contribution in [1.82, 2.24) is 0 Å². The maximum absolute atomic E-state index is 10.7. The highest BCUT2D eigenvalue weighted by Gasteiger charge is 2.33. The summed E-state index contributed by atoms with van der Waals surface area (Å²) in [6, 6.07) is 0. The van der Waals surface area contributed by atoms with Crippen LogP contribution in [0.25, 0.3) is 0 Å². The third-order valence-electron chi connectivity index (χ3n) is 5.77. The zero-order valence-corrected chi connectivity index (χ0v) is 12.4. The van der Waals surface area contributed by atoms with E-state index < -0.39 is 0 Å². The standard InChI is InChI=1S/C17H32O/c1-3-13-7-5-9-15(11-13)17(18)16-10-6-8-14(4-2)12-16/h13-18H,3-12H2,1-2H3. The number of aliphatic hydroxyl groups excluding tert-OH is 1. The summed E-state index contributed by atoms with van der Waals surface area (Å²) in [5, 5.41) is 10.7. The largest absolute Gasteiger partial charge is 0.393 e. The lowest BCUT2D eigenvalue weighted by Crippen LogP contribution is -2.35. The van der Waals surface area contributed by atoms with Crippen LogP contribution in [0.2, 0.25) is 0 Å². The number of hydrogen-bond acceptors (Lipinski definition) is 1. The van der Waals surface area contributed by atoms with Gasteiger partial charge in [-0.1, -0.05) is 52.4 Å². The van der Waals surface area contributed by atoms with Gasteiger partial charge in [0.1, 0.15) is 0 Å². The van der Waals surface area contributed by atoms with Crippen LogP contribution >= 0.6 is 0 Å². The second-order valence-electron chi connectivity index (χ2n) is 6.89. The first-order valence-electron chi connectivity index (χ1n) is 8.42. The fraction of sp³-hybridized carbons (Fsp3) is 1.00. The first kappa shape index (κ1) is 14.4. The quantitative estimate of drug-likeness (QED) is 0.763. The molecule has 0 amide bonds. The minimum atomic E-state index is 0.00806. The van der Waals surface area contributed by atoms with Gasteiger partial charge in [0.25, 0.3) is 0 Å². The maximum atomic E-state index is 10.7. The summed E-state index contributed by atoms with van der Waals surface area (Å²) in [4.78, 5) is 0. The molecule has 2 saturated carbocycles. The predicted octanol–water partition coefficient (Wildman–Crippen LogP) is 4.78. The van der Waals surface area contributed by atoms with Crippen LogP contribution in [0.15, 0.2) is 0 Å². The molecule has 4 atom stereocenters. The van der Waals surface area contributed by atoms with Gasteiger partial charge in [0.15, 0.2) is 0 Å². The van der Waals surface area contributed by atoms with Crippen LogP contribution < -0.4 is 0 Å². The summed E-state index contributed by atoms with van der Waals surface area (Å²) in [5.41, 5.74) is 0. The van der Waals surface area contributed by atoms with Gasteiger partial charge in [-0.3, -0.25) is 0 Å². The van der Waals surface area contributed by atoms with E-state index in [2.05, 4.69) is 13.8 Å². The van der Waals surface area contributed by atoms with Crippen molar-refractivity contribution in [2.24, 2.45) is 23.7 Å². The van der Waals surface area contributed by atoms with Crippen LogP contribution in [0, 0.1) is 23.7 Å². The Bertz CT molecular complexity index is 214. The third-order valence-corrected chi connectivity index (χ3v) is 5.77. The summed E-state index contributed by atoms with van der Waals surface area (Å²) in [7, 11) is 0. The van der Waals surface area contributed by atoms with Gasteiger partial charge in [0, 0.05) is 0 Å². The molecular weight excluding hydrogens is 220 g/mol. The molecule has 106 valence electrons. The number of aliphatic hydroxyl groups is 1. The van der Waals surface area contributed by atoms with Gasteiger partial charge < -0.3 is 5.11 Å². The van der Waals surface area contributed by atoms with Gasteiger partial charge in [0.2, 0.25) is 0 Å². The molecule has 2 rings (SSSR count). The van der Waals surface area contributed by atoms with Crippen LogP contribution in [-0.2, 0) is 0 Å². The molecule has 2 aliphatic carbocycles. The Hall–Kier alpha value is -0.0400. The van der Waals surface area contributed by atoms with Crippen LogP contribution in [0.4, 0.5) is 0 Å². The summed E-state index contributed by atoms with van der Waals surface area (Å²) < 4.78 is 0. The Labute approximate surface area is 113 Å². The van der Waals surface area contributed by atoms with Crippen LogP contribution in [0.5, 0.6) is 0 Å². The Morgan fingerprint density at radius 3 is 1.67 bits per heavy atom. The molecule has 0 radical (unpaired) electrons. The molecule has 1 nitrogen and oxygen atoms in total. The van der Waals surface area contributed by atoms with E-state index in [-0.39, 0.29) is 6.10 Å². The monoisotopic (exact) mass is 252 g/mol. The van der Waals surface area contributed by atoms with Crippen molar-refractivity contribution < 1.29 is 5.11 Å². The molecule has 0 spiro atoms. The molecule has 0 aromatic carbocycles. The van der Waals surface area contributed by atoms with Crippen LogP contribution in [-0.4, -0.2) is 11.2 Å². The molecule has 0 saturated heterocycles. The van der Waals surface area contributed by atoms with E-state index in [1.807, 2.05) is 0 Å². The molecule has 1 N–H and O–H groups in total. The van der Waals surface area contributed by atoms with E-state index >= 15 is 0 Å². The summed E-state index contributed by atoms with van der Waals surface area (Å²) in [5.74, 6) is 3.02. The minimum absolute atomic E-state index is 0.00806. The van der Waals surface area contributed by atoms with E-state index in [9.17, 15) is 5.11 Å². The minimum Gasteiger partial charge on any atom is -0.393 e. The van der Waals surface area contributed by atoms with Crippen LogP contribution in [0.1, 0.15) is 78.1 Å². The summed E-state index contributed by atoms with van der Waals surface area (Å²) in [6.07, 6.45) is 13.3. The second-order valence-corrected chi connectivity index (χ2v) is 6.89. The Morgan fingerprint density at radius 2 is 1.28 bits per heavy atom. The van der Waals surface area contributed by atoms with Crippen molar-refractivity contribution in [1.29, 1.82) is 0 Å². The average molecular weight is 252 g/mol. The first-order valence-corrected chi connectivity index (χ1v) is 8.42. The van der Waals surface area contributed by atoms with Gasteiger partial charge in [-0.15, -0.1) is 0 Å². The molecule has 18 heavy (non-hydrogen) atoms. The lowest BCUT2D eigenvalue weighted by Gasteiger charge is -2.38. The lowest BCUT2D eigenvalue weighted by molar-refractivity contribution is -0.000415. The molecule has 0 aromatic heterocycles. The molecule has 4 unspecified atom stereocenters. The molecular formula is C17H32O. The Kier molecular flexibility index (Phi) is 5.54. The van der Waals surface area contributed by atoms with Crippen molar-refractivity contribution in [2.75, 3.05) is 0 Å². The lowest BCUT2D eigenvalue weighted by atomic mass is 9.70. The fourth-order valence-electron chi connectivity index (χ4n) is 4.41. The molecule has 0 aliphatic heterocycles. The number of rotatable bonds is 4. The van der Waals surface area contributed by atoms with Gasteiger partial charge in [-0.05, 0) is 49.4 Å². The normalized spacial score (nSPS) is 39.5. The predicted molar refractivity (Wildman–Crippen MR) is 77.5 cm³/mol. The van der Waals surface area contributed by atoms with Crippen LogP contribution in [0.3, 0.4) is 0 Å². The molecule has 1 heteroatoms. The van der Waals surface area contributed by atoms with Crippen molar-refractivity contribution in [3.05, 3.63) is 0 Å². The number of hydrogen-bond donors (Lipinski definition) is 1. The highest BCUT2D eigenvalue weighted by Crippen LogP contribution is 2.40. The highest BCUT2D eigenvalue weighted by atomic mass is 16.3. The maximum Gasteiger partial charge on any atom is 0.0596 e. The highest BCUT2D eigenvalue weighted by molar-refractivity contribution is 4.85. The molecule has 2 aliphatic rings. The zero-order valence-electron chi connectivity index (χ0n) is 12.4. The first-order chi connectivity index (χ1) is 8.74. The van der Waals surface area contributed by atoms with E-state index in [0.29, 0.717) is 11.8 Å². The molecule has 0 aromatic rings. The smallest absolute Gasteiger partial charge is 0.0596 e. The van der Waals surface area contributed by atoms with Crippen molar-refractivity contribution in [3.63, 3.8) is 0 Å². The van der Waals surface area contributed by atoms with Crippen molar-refractivity contribution >= 4 is 0 Å². The second kappa shape index (κ2) is 6.93. The van der Waals surface area contributed by atoms with Gasteiger partial charge in [-0.2, -0.15) is 0 Å². The van der Waals surface area contributed by atoms with E-state index in [0.717, 1.165) is 11.8 Å². The molecule has 2 fully saturated rings. The zero-order chi connectivity index (χ0) is 13.0. The van der Waals surface area contributed by atoms with E-state index in [1.54, 1.807) is 0 Å². The topological polar surface area (TPSA) is 20.2 Å². The SMILES string of the molecule is CCC1CCCC(C(O)C2CCCC(CC)C2)C1. The summed E-state index contributed by atoms with van der Waals surface area (Å²) >= 11 is 0. The van der Waals surface area contributed by atoms with Crippen molar-refractivity contribution in [3.8, 4) is 0 Å². The summed E-state index contributed by atoms with van der Waals surface area (Å²) in [6.45, 7) is 4.63. The molecule has 0 bridgehead atoms. The third kappa shape index (κ3) is 3.50. The Balaban J connectivity index is 1.87. The van der Waals surface area contributed by atoms with Crippen molar-refractivity contribution in [2.45, 2.75) is 84.2 Å².